The molecule has 3 rings (SSSR count). The molecule has 0 saturated heterocycles. The number of carbonyl (C=O) groups excluding carboxylic acids is 3. The van der Waals surface area contributed by atoms with Gasteiger partial charge in [0.2, 0.25) is 11.9 Å². The summed E-state index contributed by atoms with van der Waals surface area (Å²) in [5, 5.41) is 3.18. The number of benzene rings is 3. The molecule has 1 N–H and O–H groups in total. The van der Waals surface area contributed by atoms with E-state index in [0.29, 0.717) is 10.7 Å². The Morgan fingerprint density at radius 1 is 0.903 bits per heavy atom. The highest BCUT2D eigenvalue weighted by Crippen LogP contribution is 2.14. The summed E-state index contributed by atoms with van der Waals surface area (Å²) < 4.78 is 5.26. The number of ketones is 1. The van der Waals surface area contributed by atoms with Crippen LogP contribution in [0, 0.1) is 6.92 Å². The second-order valence-corrected chi connectivity index (χ2v) is 7.22. The number of ether oxygens (including phenoxy) is 1. The van der Waals surface area contributed by atoms with Gasteiger partial charge in [-0.3, -0.25) is 9.59 Å². The van der Waals surface area contributed by atoms with Gasteiger partial charge in [-0.1, -0.05) is 71.8 Å². The van der Waals surface area contributed by atoms with E-state index in [0.717, 1.165) is 17.2 Å². The van der Waals surface area contributed by atoms with Gasteiger partial charge in [-0.05, 0) is 42.8 Å². The van der Waals surface area contributed by atoms with Crippen LogP contribution < -0.4 is 5.32 Å². The number of Topliss-reactive ketones (excluding diaryl/α,β-unsaturated/α-hetero) is 1. The van der Waals surface area contributed by atoms with E-state index in [4.69, 9.17) is 16.3 Å². The number of halogens is 1. The zero-order valence-electron chi connectivity index (χ0n) is 16.7. The minimum absolute atomic E-state index is 0.272. The van der Waals surface area contributed by atoms with Gasteiger partial charge >= 0.3 is 5.97 Å². The van der Waals surface area contributed by atoms with Gasteiger partial charge in [0.1, 0.15) is 0 Å². The molecule has 0 aliphatic heterocycles. The number of rotatable bonds is 7. The number of nitrogens with one attached hydrogen (secondary N) is 1. The Kier molecular flexibility index (Phi) is 7.35. The topological polar surface area (TPSA) is 72.5 Å². The Bertz CT molecular complexity index is 1090. The van der Waals surface area contributed by atoms with Crippen molar-refractivity contribution < 1.29 is 19.1 Å². The number of amides is 1. The van der Waals surface area contributed by atoms with Gasteiger partial charge < -0.3 is 10.1 Å². The van der Waals surface area contributed by atoms with Crippen LogP contribution in [0.2, 0.25) is 5.02 Å². The molecule has 3 aromatic carbocycles. The van der Waals surface area contributed by atoms with Crippen LogP contribution in [0.3, 0.4) is 0 Å². The van der Waals surface area contributed by atoms with Crippen LogP contribution in [0.1, 0.15) is 21.5 Å². The first-order valence-corrected chi connectivity index (χ1v) is 9.91. The first kappa shape index (κ1) is 22.0. The Morgan fingerprint density at radius 2 is 1.55 bits per heavy atom. The van der Waals surface area contributed by atoms with Gasteiger partial charge in [0.25, 0.3) is 5.91 Å². The summed E-state index contributed by atoms with van der Waals surface area (Å²) >= 11 is 5.85. The largest absolute Gasteiger partial charge is 0.441 e. The highest BCUT2D eigenvalue weighted by atomic mass is 35.5. The molecular weight excluding hydrogens is 414 g/mol. The Labute approximate surface area is 185 Å². The van der Waals surface area contributed by atoms with Crippen molar-refractivity contribution in [2.75, 3.05) is 5.32 Å². The second kappa shape index (κ2) is 10.4. The number of anilines is 1. The number of para-hydroxylation sites is 1. The lowest BCUT2D eigenvalue weighted by Gasteiger charge is -2.16. The van der Waals surface area contributed by atoms with E-state index in [-0.39, 0.29) is 5.56 Å². The molecular formula is C25H20ClNO4. The molecule has 31 heavy (non-hydrogen) atoms. The highest BCUT2D eigenvalue weighted by Gasteiger charge is 2.31. The molecule has 0 heterocycles. The molecule has 5 nitrogen and oxygen atoms in total. The van der Waals surface area contributed by atoms with E-state index in [1.54, 1.807) is 78.9 Å². The van der Waals surface area contributed by atoms with Crippen molar-refractivity contribution in [3.8, 4) is 0 Å². The number of carbonyl (C=O) groups is 3. The standard InChI is InChI=1S/C25H20ClNO4/c1-17-7-12-19(13-8-17)23(29)24(25(30)27-21-5-3-2-4-6-21)31-22(28)16-11-18-9-14-20(26)15-10-18/h2-16,24H,1H3,(H,27,30)/b16-11+. The van der Waals surface area contributed by atoms with Gasteiger partial charge in [-0.2, -0.15) is 0 Å². The third kappa shape index (κ3) is 6.39. The fourth-order valence-corrected chi connectivity index (χ4v) is 2.84. The number of hydrogen-bond acceptors (Lipinski definition) is 4. The van der Waals surface area contributed by atoms with Crippen molar-refractivity contribution in [1.29, 1.82) is 0 Å². The molecule has 3 aromatic rings. The molecule has 0 aromatic heterocycles. The molecule has 156 valence electrons. The smallest absolute Gasteiger partial charge is 0.332 e. The Hall–Kier alpha value is -3.70. The van der Waals surface area contributed by atoms with Crippen molar-refractivity contribution >= 4 is 41.0 Å². The van der Waals surface area contributed by atoms with Crippen molar-refractivity contribution in [3.63, 3.8) is 0 Å². The average Bonchev–Trinajstić information content (AvgIpc) is 2.78. The fourth-order valence-electron chi connectivity index (χ4n) is 2.72. The van der Waals surface area contributed by atoms with E-state index in [1.165, 1.54) is 6.08 Å². The van der Waals surface area contributed by atoms with Gasteiger partial charge in [0.05, 0.1) is 0 Å². The van der Waals surface area contributed by atoms with Crippen LogP contribution >= 0.6 is 11.6 Å². The Balaban J connectivity index is 1.79. The molecule has 1 unspecified atom stereocenters. The van der Waals surface area contributed by atoms with Crippen molar-refractivity contribution in [2.24, 2.45) is 0 Å². The molecule has 0 fully saturated rings. The average molecular weight is 434 g/mol. The maximum absolute atomic E-state index is 13.0. The summed E-state index contributed by atoms with van der Waals surface area (Å²) in [6.07, 6.45) is 1.04. The predicted octanol–water partition coefficient (Wildman–Crippen LogP) is 5.10. The van der Waals surface area contributed by atoms with Gasteiger partial charge in [-0.15, -0.1) is 0 Å². The summed E-state index contributed by atoms with van der Waals surface area (Å²) in [5.74, 6) is -2.16. The second-order valence-electron chi connectivity index (χ2n) is 6.79. The zero-order valence-corrected chi connectivity index (χ0v) is 17.5. The summed E-state index contributed by atoms with van der Waals surface area (Å²) in [5.41, 5.74) is 2.44. The lowest BCUT2D eigenvalue weighted by Crippen LogP contribution is -2.39. The number of aryl methyl sites for hydroxylation is 1. The predicted molar refractivity (Wildman–Crippen MR) is 121 cm³/mol. The normalized spacial score (nSPS) is 11.7. The van der Waals surface area contributed by atoms with Crippen molar-refractivity contribution in [2.45, 2.75) is 13.0 Å². The SMILES string of the molecule is Cc1ccc(C(=O)C(OC(=O)/C=C/c2ccc(Cl)cc2)C(=O)Nc2ccccc2)cc1. The van der Waals surface area contributed by atoms with Crippen LogP contribution in [0.15, 0.2) is 84.9 Å². The minimum Gasteiger partial charge on any atom is -0.441 e. The zero-order chi connectivity index (χ0) is 22.2. The van der Waals surface area contributed by atoms with Crippen LogP contribution in [-0.2, 0) is 14.3 Å². The molecule has 0 bridgehead atoms. The Morgan fingerprint density at radius 3 is 2.19 bits per heavy atom. The van der Waals surface area contributed by atoms with Crippen molar-refractivity contribution in [1.82, 2.24) is 0 Å². The van der Waals surface area contributed by atoms with E-state index in [1.807, 2.05) is 6.92 Å². The molecule has 0 spiro atoms. The highest BCUT2D eigenvalue weighted by molar-refractivity contribution is 6.30. The van der Waals surface area contributed by atoms with Gasteiger partial charge in [0, 0.05) is 22.3 Å². The first-order chi connectivity index (χ1) is 14.9. The van der Waals surface area contributed by atoms with E-state index < -0.39 is 23.8 Å². The summed E-state index contributed by atoms with van der Waals surface area (Å²) in [6, 6.07) is 22.1. The quantitative estimate of drug-likeness (QED) is 0.243. The lowest BCUT2D eigenvalue weighted by molar-refractivity contribution is -0.146. The molecule has 1 amide bonds. The maximum atomic E-state index is 13.0. The van der Waals surface area contributed by atoms with E-state index >= 15 is 0 Å². The summed E-state index contributed by atoms with van der Waals surface area (Å²) in [4.78, 5) is 38.1. The monoisotopic (exact) mass is 433 g/mol. The summed E-state index contributed by atoms with van der Waals surface area (Å²) in [6.45, 7) is 1.88. The number of esters is 1. The van der Waals surface area contributed by atoms with Crippen molar-refractivity contribution in [3.05, 3.63) is 107 Å². The lowest BCUT2D eigenvalue weighted by atomic mass is 10.0. The van der Waals surface area contributed by atoms with Gasteiger partial charge in [0.15, 0.2) is 0 Å². The summed E-state index contributed by atoms with van der Waals surface area (Å²) in [7, 11) is 0. The van der Waals surface area contributed by atoms with Crippen LogP contribution in [0.5, 0.6) is 0 Å². The van der Waals surface area contributed by atoms with E-state index in [2.05, 4.69) is 5.32 Å². The van der Waals surface area contributed by atoms with Crippen LogP contribution in [0.25, 0.3) is 6.08 Å². The molecule has 6 heteroatoms. The number of hydrogen-bond donors (Lipinski definition) is 1. The minimum atomic E-state index is -1.63. The fraction of sp³-hybridized carbons (Fsp3) is 0.0800. The molecule has 0 aliphatic carbocycles. The van der Waals surface area contributed by atoms with Crippen LogP contribution in [-0.4, -0.2) is 23.8 Å². The molecule has 0 radical (unpaired) electrons. The molecule has 0 saturated carbocycles. The first-order valence-electron chi connectivity index (χ1n) is 9.53. The third-order valence-corrected chi connectivity index (χ3v) is 4.62. The maximum Gasteiger partial charge on any atom is 0.332 e. The molecule has 1 atom stereocenters. The van der Waals surface area contributed by atoms with E-state index in [9.17, 15) is 14.4 Å². The third-order valence-electron chi connectivity index (χ3n) is 4.37. The van der Waals surface area contributed by atoms with Gasteiger partial charge in [-0.25, -0.2) is 4.79 Å². The molecule has 0 aliphatic rings. The van der Waals surface area contributed by atoms with Crippen LogP contribution in [0.4, 0.5) is 5.69 Å².